The molecule has 3 heterocycles. The average Bonchev–Trinajstić information content (AvgIpc) is 3.43. The molecular formula is C21H25N3O2S. The fraction of sp³-hybridized carbons (Fsp3) is 0.429. The quantitative estimate of drug-likeness (QED) is 0.815. The summed E-state index contributed by atoms with van der Waals surface area (Å²) in [6.07, 6.45) is 2.19. The first-order chi connectivity index (χ1) is 13.2. The normalized spacial score (nSPS) is 19.3. The summed E-state index contributed by atoms with van der Waals surface area (Å²) in [5, 5.41) is 1.93. The lowest BCUT2D eigenvalue weighted by molar-refractivity contribution is -0.136. The molecule has 1 aromatic carbocycles. The number of carbonyl (C=O) groups excluding carboxylic acids is 2. The van der Waals surface area contributed by atoms with E-state index in [1.807, 2.05) is 57.6 Å². The maximum Gasteiger partial charge on any atom is 0.264 e. The van der Waals surface area contributed by atoms with E-state index < -0.39 is 0 Å². The molecule has 0 radical (unpaired) electrons. The number of likely N-dealkylation sites (tertiary alicyclic amines) is 1. The van der Waals surface area contributed by atoms with Crippen LogP contribution in [-0.4, -0.2) is 65.8 Å². The minimum absolute atomic E-state index is 0.104. The summed E-state index contributed by atoms with van der Waals surface area (Å²) in [6, 6.07) is 13.6. The summed E-state index contributed by atoms with van der Waals surface area (Å²) in [4.78, 5) is 32.8. The van der Waals surface area contributed by atoms with Crippen molar-refractivity contribution in [2.75, 3.05) is 39.3 Å². The van der Waals surface area contributed by atoms with Crippen LogP contribution in [-0.2, 0) is 4.79 Å². The number of nitrogens with zero attached hydrogens (tertiary/aromatic N) is 3. The van der Waals surface area contributed by atoms with Crippen molar-refractivity contribution in [3.63, 3.8) is 0 Å². The van der Waals surface area contributed by atoms with Gasteiger partial charge in [-0.3, -0.25) is 14.5 Å². The van der Waals surface area contributed by atoms with Gasteiger partial charge in [-0.2, -0.15) is 0 Å². The smallest absolute Gasteiger partial charge is 0.264 e. The Morgan fingerprint density at radius 2 is 1.52 bits per heavy atom. The third kappa shape index (κ3) is 3.92. The van der Waals surface area contributed by atoms with E-state index in [1.165, 1.54) is 11.3 Å². The lowest BCUT2D eigenvalue weighted by Gasteiger charge is -2.39. The molecular weight excluding hydrogens is 358 g/mol. The van der Waals surface area contributed by atoms with Crippen LogP contribution in [0.5, 0.6) is 0 Å². The number of hydrogen-bond donors (Lipinski definition) is 0. The van der Waals surface area contributed by atoms with Crippen LogP contribution in [0.25, 0.3) is 0 Å². The van der Waals surface area contributed by atoms with Crippen LogP contribution in [0, 0.1) is 0 Å². The molecule has 142 valence electrons. The van der Waals surface area contributed by atoms with Crippen molar-refractivity contribution in [3.8, 4) is 0 Å². The fourth-order valence-electron chi connectivity index (χ4n) is 3.99. The van der Waals surface area contributed by atoms with Gasteiger partial charge in [0.05, 0.1) is 4.88 Å². The fourth-order valence-corrected chi connectivity index (χ4v) is 4.69. The van der Waals surface area contributed by atoms with Crippen molar-refractivity contribution in [3.05, 3.63) is 58.3 Å². The van der Waals surface area contributed by atoms with Crippen molar-refractivity contribution in [1.29, 1.82) is 0 Å². The topological polar surface area (TPSA) is 43.9 Å². The maximum absolute atomic E-state index is 13.3. The highest BCUT2D eigenvalue weighted by Crippen LogP contribution is 2.27. The van der Waals surface area contributed by atoms with Crippen molar-refractivity contribution in [2.45, 2.75) is 18.9 Å². The molecule has 0 saturated carbocycles. The molecule has 2 amide bonds. The molecule has 0 unspecified atom stereocenters. The Bertz CT molecular complexity index is 764. The van der Waals surface area contributed by atoms with Crippen LogP contribution < -0.4 is 0 Å². The van der Waals surface area contributed by atoms with Crippen molar-refractivity contribution in [1.82, 2.24) is 14.7 Å². The van der Waals surface area contributed by atoms with Crippen LogP contribution in [0.3, 0.4) is 0 Å². The molecule has 2 fully saturated rings. The maximum atomic E-state index is 13.3. The van der Waals surface area contributed by atoms with Crippen molar-refractivity contribution < 1.29 is 9.59 Å². The van der Waals surface area contributed by atoms with Crippen LogP contribution in [0.4, 0.5) is 0 Å². The van der Waals surface area contributed by atoms with E-state index in [0.717, 1.165) is 49.5 Å². The predicted molar refractivity (Wildman–Crippen MR) is 107 cm³/mol. The van der Waals surface area contributed by atoms with Gasteiger partial charge in [-0.25, -0.2) is 0 Å². The zero-order chi connectivity index (χ0) is 18.6. The van der Waals surface area contributed by atoms with Crippen LogP contribution in [0.2, 0.25) is 0 Å². The van der Waals surface area contributed by atoms with E-state index in [-0.39, 0.29) is 17.9 Å². The third-order valence-electron chi connectivity index (χ3n) is 5.47. The van der Waals surface area contributed by atoms with E-state index in [4.69, 9.17) is 0 Å². The molecule has 2 aliphatic heterocycles. The number of carbonyl (C=O) groups is 2. The first kappa shape index (κ1) is 18.2. The molecule has 0 bridgehead atoms. The van der Waals surface area contributed by atoms with Gasteiger partial charge < -0.3 is 9.80 Å². The van der Waals surface area contributed by atoms with Gasteiger partial charge in [0.25, 0.3) is 5.91 Å². The largest absolute Gasteiger partial charge is 0.341 e. The van der Waals surface area contributed by atoms with E-state index in [9.17, 15) is 9.59 Å². The minimum Gasteiger partial charge on any atom is -0.341 e. The van der Waals surface area contributed by atoms with Crippen LogP contribution in [0.1, 0.15) is 34.1 Å². The Morgan fingerprint density at radius 3 is 2.15 bits per heavy atom. The molecule has 1 aromatic heterocycles. The van der Waals surface area contributed by atoms with Gasteiger partial charge in [-0.15, -0.1) is 11.3 Å². The van der Waals surface area contributed by atoms with Crippen molar-refractivity contribution in [2.24, 2.45) is 0 Å². The highest BCUT2D eigenvalue weighted by Gasteiger charge is 2.35. The lowest BCUT2D eigenvalue weighted by Crippen LogP contribution is -2.52. The molecule has 2 saturated heterocycles. The van der Waals surface area contributed by atoms with Gasteiger partial charge in [0.2, 0.25) is 5.91 Å². The Balaban J connectivity index is 1.48. The Kier molecular flexibility index (Phi) is 5.55. The molecule has 2 aliphatic rings. The second kappa shape index (κ2) is 8.23. The number of hydrogen-bond acceptors (Lipinski definition) is 4. The van der Waals surface area contributed by atoms with E-state index in [2.05, 4.69) is 4.90 Å². The van der Waals surface area contributed by atoms with Crippen molar-refractivity contribution >= 4 is 23.2 Å². The molecule has 27 heavy (non-hydrogen) atoms. The number of benzene rings is 1. The lowest BCUT2D eigenvalue weighted by atomic mass is 10.0. The van der Waals surface area contributed by atoms with Gasteiger partial charge in [0.1, 0.15) is 6.04 Å². The Morgan fingerprint density at radius 1 is 0.815 bits per heavy atom. The van der Waals surface area contributed by atoms with E-state index in [1.54, 1.807) is 0 Å². The zero-order valence-electron chi connectivity index (χ0n) is 15.4. The van der Waals surface area contributed by atoms with E-state index >= 15 is 0 Å². The summed E-state index contributed by atoms with van der Waals surface area (Å²) < 4.78 is 0. The van der Waals surface area contributed by atoms with Gasteiger partial charge in [0, 0.05) is 39.3 Å². The molecule has 0 aliphatic carbocycles. The Labute approximate surface area is 164 Å². The molecule has 5 nitrogen and oxygen atoms in total. The van der Waals surface area contributed by atoms with Gasteiger partial charge >= 0.3 is 0 Å². The number of amides is 2. The summed E-state index contributed by atoms with van der Waals surface area (Å²) in [5.74, 6) is 0.309. The molecule has 0 N–H and O–H groups in total. The molecule has 6 heteroatoms. The highest BCUT2D eigenvalue weighted by atomic mass is 32.1. The van der Waals surface area contributed by atoms with Gasteiger partial charge in [-0.05, 0) is 29.9 Å². The molecule has 0 spiro atoms. The standard InChI is InChI=1S/C21H25N3O2S/c25-20(18-9-6-16-27-18)24-14-12-22(13-15-24)19(17-7-2-1-3-8-17)21(26)23-10-4-5-11-23/h1-3,6-9,16,19H,4-5,10-15H2/t19-/m1/s1. The first-order valence-corrected chi connectivity index (χ1v) is 10.5. The number of thiophene rings is 1. The van der Waals surface area contributed by atoms with E-state index in [0.29, 0.717) is 13.1 Å². The van der Waals surface area contributed by atoms with Crippen LogP contribution >= 0.6 is 11.3 Å². The van der Waals surface area contributed by atoms with Crippen LogP contribution in [0.15, 0.2) is 47.8 Å². The molecule has 4 rings (SSSR count). The van der Waals surface area contributed by atoms with Gasteiger partial charge in [-0.1, -0.05) is 36.4 Å². The average molecular weight is 384 g/mol. The summed E-state index contributed by atoms with van der Waals surface area (Å²) in [6.45, 7) is 4.48. The predicted octanol–water partition coefficient (Wildman–Crippen LogP) is 2.87. The first-order valence-electron chi connectivity index (χ1n) is 9.64. The second-order valence-electron chi connectivity index (χ2n) is 7.15. The minimum atomic E-state index is -0.247. The summed E-state index contributed by atoms with van der Waals surface area (Å²) in [7, 11) is 0. The third-order valence-corrected chi connectivity index (χ3v) is 6.32. The SMILES string of the molecule is O=C(c1cccs1)N1CCN([C@@H](C(=O)N2CCCC2)c2ccccc2)CC1. The number of rotatable bonds is 4. The highest BCUT2D eigenvalue weighted by molar-refractivity contribution is 7.12. The Hall–Kier alpha value is -2.18. The molecule has 2 aromatic rings. The zero-order valence-corrected chi connectivity index (χ0v) is 16.2. The van der Waals surface area contributed by atoms with Gasteiger partial charge in [0.15, 0.2) is 0 Å². The molecule has 1 atom stereocenters. The second-order valence-corrected chi connectivity index (χ2v) is 8.10. The summed E-state index contributed by atoms with van der Waals surface area (Å²) >= 11 is 1.48. The summed E-state index contributed by atoms with van der Waals surface area (Å²) in [5.41, 5.74) is 1.05. The number of piperazine rings is 1. The monoisotopic (exact) mass is 383 g/mol.